The second-order valence-electron chi connectivity index (χ2n) is 4.71. The van der Waals surface area contributed by atoms with Gasteiger partial charge in [-0.3, -0.25) is 9.78 Å². The Labute approximate surface area is 116 Å². The van der Waals surface area contributed by atoms with E-state index in [0.29, 0.717) is 0 Å². The van der Waals surface area contributed by atoms with Gasteiger partial charge < -0.3 is 4.90 Å². The van der Waals surface area contributed by atoms with E-state index in [9.17, 15) is 4.79 Å². The second kappa shape index (κ2) is 5.13. The SMILES string of the molecule is CCC1c2ccsc2CCN1C(=O)c1ccncc1. The fourth-order valence-corrected chi connectivity index (χ4v) is 3.67. The molecular weight excluding hydrogens is 256 g/mol. The Balaban J connectivity index is 1.92. The predicted molar refractivity (Wildman–Crippen MR) is 76.3 cm³/mol. The molecule has 4 heteroatoms. The molecule has 0 spiro atoms. The highest BCUT2D eigenvalue weighted by Gasteiger charge is 2.30. The van der Waals surface area contributed by atoms with Crippen molar-refractivity contribution < 1.29 is 4.79 Å². The third-order valence-electron chi connectivity index (χ3n) is 3.67. The molecule has 3 rings (SSSR count). The first-order valence-electron chi connectivity index (χ1n) is 6.58. The van der Waals surface area contributed by atoms with Crippen LogP contribution < -0.4 is 0 Å². The number of carbonyl (C=O) groups is 1. The minimum Gasteiger partial charge on any atom is -0.331 e. The molecule has 2 aromatic rings. The zero-order chi connectivity index (χ0) is 13.2. The van der Waals surface area contributed by atoms with Crippen LogP contribution in [0.2, 0.25) is 0 Å². The molecule has 0 radical (unpaired) electrons. The molecule has 1 aliphatic heterocycles. The zero-order valence-electron chi connectivity index (χ0n) is 10.9. The number of hydrogen-bond donors (Lipinski definition) is 0. The average Bonchev–Trinajstić information content (AvgIpc) is 2.94. The fourth-order valence-electron chi connectivity index (χ4n) is 2.74. The second-order valence-corrected chi connectivity index (χ2v) is 5.71. The summed E-state index contributed by atoms with van der Waals surface area (Å²) in [7, 11) is 0. The number of pyridine rings is 1. The lowest BCUT2D eigenvalue weighted by atomic mass is 9.97. The van der Waals surface area contributed by atoms with Gasteiger partial charge in [0.15, 0.2) is 0 Å². The number of carbonyl (C=O) groups excluding carboxylic acids is 1. The Kier molecular flexibility index (Phi) is 3.34. The number of nitrogens with zero attached hydrogens (tertiary/aromatic N) is 2. The van der Waals surface area contributed by atoms with Crippen LogP contribution in [0.5, 0.6) is 0 Å². The topological polar surface area (TPSA) is 33.2 Å². The van der Waals surface area contributed by atoms with Gasteiger partial charge in [-0.1, -0.05) is 6.92 Å². The van der Waals surface area contributed by atoms with Gasteiger partial charge in [-0.2, -0.15) is 0 Å². The van der Waals surface area contributed by atoms with Crippen LogP contribution in [0.3, 0.4) is 0 Å². The summed E-state index contributed by atoms with van der Waals surface area (Å²) < 4.78 is 0. The van der Waals surface area contributed by atoms with Gasteiger partial charge in [-0.15, -0.1) is 11.3 Å². The van der Waals surface area contributed by atoms with Crippen molar-refractivity contribution in [2.24, 2.45) is 0 Å². The molecule has 0 bridgehead atoms. The van der Waals surface area contributed by atoms with Crippen molar-refractivity contribution in [1.82, 2.24) is 9.88 Å². The van der Waals surface area contributed by atoms with Crippen LogP contribution in [0, 0.1) is 0 Å². The van der Waals surface area contributed by atoms with Gasteiger partial charge in [0, 0.05) is 29.4 Å². The van der Waals surface area contributed by atoms with Crippen molar-refractivity contribution in [1.29, 1.82) is 0 Å². The van der Waals surface area contributed by atoms with E-state index in [2.05, 4.69) is 23.4 Å². The molecule has 3 nitrogen and oxygen atoms in total. The summed E-state index contributed by atoms with van der Waals surface area (Å²) in [4.78, 5) is 20.0. The fraction of sp³-hybridized carbons (Fsp3) is 0.333. The van der Waals surface area contributed by atoms with Gasteiger partial charge in [0.2, 0.25) is 0 Å². The van der Waals surface area contributed by atoms with Gasteiger partial charge in [0.05, 0.1) is 6.04 Å². The molecule has 19 heavy (non-hydrogen) atoms. The maximum Gasteiger partial charge on any atom is 0.254 e. The van der Waals surface area contributed by atoms with E-state index < -0.39 is 0 Å². The number of amides is 1. The highest BCUT2D eigenvalue weighted by Crippen LogP contribution is 2.35. The number of rotatable bonds is 2. The molecule has 3 heterocycles. The molecule has 0 aliphatic carbocycles. The molecule has 1 unspecified atom stereocenters. The van der Waals surface area contributed by atoms with E-state index in [4.69, 9.17) is 0 Å². The molecule has 0 aromatic carbocycles. The number of thiophene rings is 1. The Morgan fingerprint density at radius 3 is 2.95 bits per heavy atom. The zero-order valence-corrected chi connectivity index (χ0v) is 11.7. The maximum absolute atomic E-state index is 12.6. The average molecular weight is 272 g/mol. The molecule has 0 saturated carbocycles. The normalized spacial score (nSPS) is 18.2. The van der Waals surface area contributed by atoms with Crippen LogP contribution in [0.15, 0.2) is 36.0 Å². The monoisotopic (exact) mass is 272 g/mol. The summed E-state index contributed by atoms with van der Waals surface area (Å²) in [6.07, 6.45) is 5.28. The van der Waals surface area contributed by atoms with Crippen molar-refractivity contribution in [2.75, 3.05) is 6.54 Å². The van der Waals surface area contributed by atoms with E-state index >= 15 is 0 Å². The van der Waals surface area contributed by atoms with Crippen LogP contribution in [-0.4, -0.2) is 22.3 Å². The van der Waals surface area contributed by atoms with Crippen LogP contribution in [-0.2, 0) is 6.42 Å². The number of fused-ring (bicyclic) bond motifs is 1. The van der Waals surface area contributed by atoms with Gasteiger partial charge in [0.25, 0.3) is 5.91 Å². The summed E-state index contributed by atoms with van der Waals surface area (Å²) in [5.74, 6) is 0.117. The van der Waals surface area contributed by atoms with E-state index in [1.165, 1.54) is 10.4 Å². The molecule has 0 N–H and O–H groups in total. The smallest absolute Gasteiger partial charge is 0.254 e. The lowest BCUT2D eigenvalue weighted by molar-refractivity contribution is 0.0657. The van der Waals surface area contributed by atoms with Crippen LogP contribution >= 0.6 is 11.3 Å². The third kappa shape index (κ3) is 2.16. The first-order chi connectivity index (χ1) is 9.31. The number of hydrogen-bond acceptors (Lipinski definition) is 3. The van der Waals surface area contributed by atoms with Gasteiger partial charge in [-0.05, 0) is 42.0 Å². The standard InChI is InChI=1S/C15H16N2OS/c1-2-13-12-6-10-19-14(12)5-9-17(13)15(18)11-3-7-16-8-4-11/h3-4,6-8,10,13H,2,5,9H2,1H3. The van der Waals surface area contributed by atoms with E-state index in [1.807, 2.05) is 4.90 Å². The lowest BCUT2D eigenvalue weighted by Gasteiger charge is -2.35. The van der Waals surface area contributed by atoms with E-state index in [-0.39, 0.29) is 11.9 Å². The highest BCUT2D eigenvalue weighted by molar-refractivity contribution is 7.10. The summed E-state index contributed by atoms with van der Waals surface area (Å²) in [5, 5.41) is 2.13. The first-order valence-corrected chi connectivity index (χ1v) is 7.46. The molecule has 0 saturated heterocycles. The maximum atomic E-state index is 12.6. The van der Waals surface area contributed by atoms with Gasteiger partial charge >= 0.3 is 0 Å². The summed E-state index contributed by atoms with van der Waals surface area (Å²) in [5.41, 5.74) is 2.06. The molecule has 2 aromatic heterocycles. The van der Waals surface area contributed by atoms with Gasteiger partial charge in [0.1, 0.15) is 0 Å². The van der Waals surface area contributed by atoms with E-state index in [0.717, 1.165) is 24.9 Å². The van der Waals surface area contributed by atoms with Crippen LogP contribution in [0.25, 0.3) is 0 Å². The van der Waals surface area contributed by atoms with E-state index in [1.54, 1.807) is 35.9 Å². The summed E-state index contributed by atoms with van der Waals surface area (Å²) in [6, 6.07) is 5.96. The number of aromatic nitrogens is 1. The van der Waals surface area contributed by atoms with Crippen molar-refractivity contribution in [3.63, 3.8) is 0 Å². The van der Waals surface area contributed by atoms with Gasteiger partial charge in [-0.25, -0.2) is 0 Å². The van der Waals surface area contributed by atoms with Crippen molar-refractivity contribution >= 4 is 17.2 Å². The Morgan fingerprint density at radius 1 is 1.42 bits per heavy atom. The molecule has 1 aliphatic rings. The third-order valence-corrected chi connectivity index (χ3v) is 4.67. The van der Waals surface area contributed by atoms with Crippen molar-refractivity contribution in [2.45, 2.75) is 25.8 Å². The minimum atomic E-state index is 0.117. The summed E-state index contributed by atoms with van der Waals surface area (Å²) >= 11 is 1.81. The molecule has 0 fully saturated rings. The van der Waals surface area contributed by atoms with Crippen molar-refractivity contribution in [3.05, 3.63) is 52.0 Å². The molecule has 1 atom stereocenters. The lowest BCUT2D eigenvalue weighted by Crippen LogP contribution is -2.39. The Bertz CT molecular complexity index is 579. The highest BCUT2D eigenvalue weighted by atomic mass is 32.1. The minimum absolute atomic E-state index is 0.117. The molecule has 1 amide bonds. The van der Waals surface area contributed by atoms with Crippen molar-refractivity contribution in [3.8, 4) is 0 Å². The summed E-state index contributed by atoms with van der Waals surface area (Å²) in [6.45, 7) is 2.96. The van der Waals surface area contributed by atoms with Crippen LogP contribution in [0.4, 0.5) is 0 Å². The predicted octanol–water partition coefficient (Wildman–Crippen LogP) is 3.29. The quantitative estimate of drug-likeness (QED) is 0.840. The molecule has 98 valence electrons. The Morgan fingerprint density at radius 2 is 2.21 bits per heavy atom. The van der Waals surface area contributed by atoms with Crippen LogP contribution in [0.1, 0.15) is 40.2 Å². The Hall–Kier alpha value is -1.68. The molecular formula is C15H16N2OS. The first kappa shape index (κ1) is 12.4. The largest absolute Gasteiger partial charge is 0.331 e.